The van der Waals surface area contributed by atoms with Crippen LogP contribution in [0.1, 0.15) is 15.9 Å². The van der Waals surface area contributed by atoms with Crippen LogP contribution in [0.15, 0.2) is 48.5 Å². The number of anilines is 1. The highest BCUT2D eigenvalue weighted by Gasteiger charge is 2.06. The molecule has 19 heavy (non-hydrogen) atoms. The van der Waals surface area contributed by atoms with Crippen molar-refractivity contribution in [1.82, 2.24) is 5.32 Å². The Labute approximate surface area is 111 Å². The van der Waals surface area contributed by atoms with Crippen LogP contribution < -0.4 is 10.6 Å². The molecule has 2 rings (SSSR count). The Kier molecular flexibility index (Phi) is 4.26. The molecule has 0 saturated heterocycles. The van der Waals surface area contributed by atoms with Gasteiger partial charge in [-0.25, -0.2) is 4.39 Å². The van der Waals surface area contributed by atoms with Gasteiger partial charge in [0.05, 0.1) is 0 Å². The highest BCUT2D eigenvalue weighted by Crippen LogP contribution is 2.12. The minimum Gasteiger partial charge on any atom is -0.322 e. The van der Waals surface area contributed by atoms with Crippen LogP contribution in [-0.2, 0) is 6.54 Å². The van der Waals surface area contributed by atoms with Crippen molar-refractivity contribution >= 4 is 11.6 Å². The van der Waals surface area contributed by atoms with Gasteiger partial charge in [-0.2, -0.15) is 0 Å². The highest BCUT2D eigenvalue weighted by molar-refractivity contribution is 6.04. The summed E-state index contributed by atoms with van der Waals surface area (Å²) in [5, 5.41) is 5.84. The van der Waals surface area contributed by atoms with Gasteiger partial charge in [0, 0.05) is 17.8 Å². The first kappa shape index (κ1) is 13.2. The van der Waals surface area contributed by atoms with Gasteiger partial charge in [0.15, 0.2) is 0 Å². The smallest absolute Gasteiger partial charge is 0.255 e. The minimum atomic E-state index is -0.354. The van der Waals surface area contributed by atoms with Crippen molar-refractivity contribution in [3.8, 4) is 0 Å². The number of nitrogens with one attached hydrogen (secondary N) is 2. The first-order valence-corrected chi connectivity index (χ1v) is 5.99. The summed E-state index contributed by atoms with van der Waals surface area (Å²) in [6, 6.07) is 13.0. The zero-order valence-electron chi connectivity index (χ0n) is 10.6. The minimum absolute atomic E-state index is 0.249. The van der Waals surface area contributed by atoms with Crippen molar-refractivity contribution in [1.29, 1.82) is 0 Å². The van der Waals surface area contributed by atoms with Crippen LogP contribution >= 0.6 is 0 Å². The van der Waals surface area contributed by atoms with E-state index in [4.69, 9.17) is 0 Å². The van der Waals surface area contributed by atoms with Gasteiger partial charge in [-0.1, -0.05) is 12.1 Å². The van der Waals surface area contributed by atoms with Gasteiger partial charge in [-0.3, -0.25) is 4.79 Å². The van der Waals surface area contributed by atoms with Gasteiger partial charge >= 0.3 is 0 Å². The number of hydrogen-bond donors (Lipinski definition) is 2. The fourth-order valence-electron chi connectivity index (χ4n) is 1.77. The van der Waals surface area contributed by atoms with E-state index in [0.29, 0.717) is 5.56 Å². The summed E-state index contributed by atoms with van der Waals surface area (Å²) in [6.45, 7) is 0.736. The number of amides is 1. The summed E-state index contributed by atoms with van der Waals surface area (Å²) in [6.07, 6.45) is 0. The number of benzene rings is 2. The molecule has 0 fully saturated rings. The number of carbonyl (C=O) groups is 1. The molecule has 0 aromatic heterocycles. The third-order valence-corrected chi connectivity index (χ3v) is 2.67. The average molecular weight is 258 g/mol. The van der Waals surface area contributed by atoms with Crippen LogP contribution in [0.4, 0.5) is 10.1 Å². The number of halogens is 1. The van der Waals surface area contributed by atoms with Crippen molar-refractivity contribution in [3.63, 3.8) is 0 Å². The van der Waals surface area contributed by atoms with Crippen LogP contribution in [0.25, 0.3) is 0 Å². The van der Waals surface area contributed by atoms with Gasteiger partial charge in [0.25, 0.3) is 5.91 Å². The summed E-state index contributed by atoms with van der Waals surface area (Å²) in [5.41, 5.74) is 2.24. The molecule has 4 heteroatoms. The van der Waals surface area contributed by atoms with Crippen LogP contribution in [0.2, 0.25) is 0 Å². The second kappa shape index (κ2) is 6.11. The molecule has 2 aromatic rings. The highest BCUT2D eigenvalue weighted by atomic mass is 19.1. The second-order valence-corrected chi connectivity index (χ2v) is 4.19. The van der Waals surface area contributed by atoms with Crippen molar-refractivity contribution in [2.45, 2.75) is 6.54 Å². The third kappa shape index (κ3) is 3.63. The van der Waals surface area contributed by atoms with Crippen LogP contribution in [0, 0.1) is 5.82 Å². The third-order valence-electron chi connectivity index (χ3n) is 2.67. The van der Waals surface area contributed by atoms with Gasteiger partial charge in [-0.05, 0) is 49.0 Å². The molecule has 0 aliphatic heterocycles. The number of hydrogen-bond acceptors (Lipinski definition) is 2. The molecule has 3 nitrogen and oxygen atoms in total. The fourth-order valence-corrected chi connectivity index (χ4v) is 1.77. The van der Waals surface area contributed by atoms with Crippen LogP contribution in [-0.4, -0.2) is 13.0 Å². The number of carbonyl (C=O) groups excluding carboxylic acids is 1. The van der Waals surface area contributed by atoms with Gasteiger partial charge in [0.1, 0.15) is 5.82 Å². The Morgan fingerprint density at radius 3 is 2.58 bits per heavy atom. The van der Waals surface area contributed by atoms with Crippen molar-refractivity contribution < 1.29 is 9.18 Å². The molecular weight excluding hydrogens is 243 g/mol. The zero-order chi connectivity index (χ0) is 13.7. The van der Waals surface area contributed by atoms with E-state index in [2.05, 4.69) is 10.6 Å². The lowest BCUT2D eigenvalue weighted by atomic mass is 10.1. The molecule has 2 N–H and O–H groups in total. The Hall–Kier alpha value is -2.20. The predicted octanol–water partition coefficient (Wildman–Crippen LogP) is 2.80. The normalized spacial score (nSPS) is 10.2. The summed E-state index contributed by atoms with van der Waals surface area (Å²) in [7, 11) is 1.86. The van der Waals surface area contributed by atoms with Crippen molar-refractivity contribution in [3.05, 3.63) is 65.5 Å². The Bertz CT molecular complexity index is 567. The first-order chi connectivity index (χ1) is 9.19. The Balaban J connectivity index is 2.10. The van der Waals surface area contributed by atoms with Crippen molar-refractivity contribution in [2.75, 3.05) is 12.4 Å². The molecule has 0 bridgehead atoms. The topological polar surface area (TPSA) is 41.1 Å². The molecule has 0 spiro atoms. The summed E-state index contributed by atoms with van der Waals surface area (Å²) >= 11 is 0. The molecule has 0 aliphatic carbocycles. The lowest BCUT2D eigenvalue weighted by molar-refractivity contribution is 0.102. The number of rotatable bonds is 4. The monoisotopic (exact) mass is 258 g/mol. The zero-order valence-corrected chi connectivity index (χ0v) is 10.6. The van der Waals surface area contributed by atoms with Crippen LogP contribution in [0.5, 0.6) is 0 Å². The SMILES string of the molecule is CNCc1cccc(NC(=O)c2ccc(F)cc2)c1. The standard InChI is InChI=1S/C15H15FN2O/c1-17-10-11-3-2-4-14(9-11)18-15(19)12-5-7-13(16)8-6-12/h2-9,17H,10H2,1H3,(H,18,19). The lowest BCUT2D eigenvalue weighted by Crippen LogP contribution is -2.12. The second-order valence-electron chi connectivity index (χ2n) is 4.19. The predicted molar refractivity (Wildman–Crippen MR) is 73.6 cm³/mol. The van der Waals surface area contributed by atoms with E-state index >= 15 is 0 Å². The average Bonchev–Trinajstić information content (AvgIpc) is 2.40. The molecule has 0 heterocycles. The molecule has 1 amide bonds. The maximum Gasteiger partial charge on any atom is 0.255 e. The molecule has 0 atom stereocenters. The first-order valence-electron chi connectivity index (χ1n) is 5.99. The van der Waals surface area contributed by atoms with Crippen LogP contribution in [0.3, 0.4) is 0 Å². The Morgan fingerprint density at radius 1 is 1.16 bits per heavy atom. The fraction of sp³-hybridized carbons (Fsp3) is 0.133. The maximum atomic E-state index is 12.8. The van der Waals surface area contributed by atoms with E-state index in [1.54, 1.807) is 0 Å². The van der Waals surface area contributed by atoms with E-state index in [1.807, 2.05) is 31.3 Å². The van der Waals surface area contributed by atoms with E-state index < -0.39 is 0 Å². The molecule has 0 saturated carbocycles. The van der Waals surface area contributed by atoms with E-state index in [9.17, 15) is 9.18 Å². The molecule has 0 radical (unpaired) electrons. The largest absolute Gasteiger partial charge is 0.322 e. The van der Waals surface area contributed by atoms with Gasteiger partial charge in [-0.15, -0.1) is 0 Å². The van der Waals surface area contributed by atoms with Gasteiger partial charge < -0.3 is 10.6 Å². The molecule has 2 aromatic carbocycles. The van der Waals surface area contributed by atoms with Gasteiger partial charge in [0.2, 0.25) is 0 Å². The Morgan fingerprint density at radius 2 is 1.89 bits per heavy atom. The lowest BCUT2D eigenvalue weighted by Gasteiger charge is -2.07. The van der Waals surface area contributed by atoms with Crippen molar-refractivity contribution in [2.24, 2.45) is 0 Å². The molecule has 0 unspecified atom stereocenters. The summed E-state index contributed by atoms with van der Waals surface area (Å²) in [5.74, 6) is -0.603. The molecule has 98 valence electrons. The van der Waals surface area contributed by atoms with E-state index in [1.165, 1.54) is 24.3 Å². The van der Waals surface area contributed by atoms with E-state index in [0.717, 1.165) is 17.8 Å². The maximum absolute atomic E-state index is 12.8. The molecular formula is C15H15FN2O. The summed E-state index contributed by atoms with van der Waals surface area (Å²) < 4.78 is 12.8. The quantitative estimate of drug-likeness (QED) is 0.885. The van der Waals surface area contributed by atoms with E-state index in [-0.39, 0.29) is 11.7 Å². The molecule has 0 aliphatic rings. The summed E-state index contributed by atoms with van der Waals surface area (Å²) in [4.78, 5) is 11.9.